The van der Waals surface area contributed by atoms with Crippen molar-refractivity contribution in [3.8, 4) is 0 Å². The van der Waals surface area contributed by atoms with Crippen molar-refractivity contribution in [1.29, 1.82) is 0 Å². The third kappa shape index (κ3) is 4.84. The van der Waals surface area contributed by atoms with Gasteiger partial charge in [0.25, 0.3) is 0 Å². The lowest BCUT2D eigenvalue weighted by atomic mass is 9.57. The quantitative estimate of drug-likeness (QED) is 0.589. The third-order valence-electron chi connectivity index (χ3n) is 6.80. The van der Waals surface area contributed by atoms with Crippen LogP contribution in [0.1, 0.15) is 58.4 Å². The molecule has 3 unspecified atom stereocenters. The number of amides is 1. The molecule has 4 rings (SSSR count). The lowest BCUT2D eigenvalue weighted by Crippen LogP contribution is -2.38. The van der Waals surface area contributed by atoms with Gasteiger partial charge >= 0.3 is 0 Å². The zero-order valence-corrected chi connectivity index (χ0v) is 18.9. The predicted molar refractivity (Wildman–Crippen MR) is 124 cm³/mol. The highest BCUT2D eigenvalue weighted by Crippen LogP contribution is 2.51. The smallest absolute Gasteiger partial charge is 0.221 e. The summed E-state index contributed by atoms with van der Waals surface area (Å²) in [6.45, 7) is 6.31. The second-order valence-corrected chi connectivity index (χ2v) is 10.9. The molecule has 1 amide bonds. The van der Waals surface area contributed by atoms with E-state index in [4.69, 9.17) is 0 Å². The Hall–Kier alpha value is -1.98. The number of rotatable bonds is 5. The first-order chi connectivity index (χ1) is 14.3. The molecule has 160 valence electrons. The Morgan fingerprint density at radius 3 is 2.10 bits per heavy atom. The molecule has 0 heterocycles. The van der Waals surface area contributed by atoms with Crippen LogP contribution < -0.4 is 10.0 Å². The SMILES string of the molecule is CC(=O)Nc1ccc([S+]([O-])Nc2ccc(C3(C)CC4CC(C)CC(C4)C3)cc2)cc1. The highest BCUT2D eigenvalue weighted by Gasteiger charge is 2.41. The van der Waals surface area contributed by atoms with Crippen molar-refractivity contribution in [2.24, 2.45) is 17.8 Å². The predicted octanol–water partition coefficient (Wildman–Crippen LogP) is 5.88. The van der Waals surface area contributed by atoms with Crippen LogP contribution in [0.2, 0.25) is 0 Å². The van der Waals surface area contributed by atoms with Crippen LogP contribution >= 0.6 is 0 Å². The summed E-state index contributed by atoms with van der Waals surface area (Å²) in [7, 11) is 0. The van der Waals surface area contributed by atoms with Gasteiger partial charge in [-0.05, 0) is 97.2 Å². The van der Waals surface area contributed by atoms with Crippen LogP contribution in [0.15, 0.2) is 53.4 Å². The normalized spacial score (nSPS) is 29.1. The van der Waals surface area contributed by atoms with E-state index in [9.17, 15) is 9.35 Å². The lowest BCUT2D eigenvalue weighted by molar-refractivity contribution is -0.114. The molecular formula is C25H32N2O2S. The Bertz CT molecular complexity index is 863. The molecule has 2 aromatic carbocycles. The minimum atomic E-state index is -1.35. The number of carbonyl (C=O) groups is 1. The van der Waals surface area contributed by atoms with Crippen LogP contribution in [-0.4, -0.2) is 10.5 Å². The van der Waals surface area contributed by atoms with Crippen LogP contribution in [0.25, 0.3) is 0 Å². The molecule has 0 spiro atoms. The molecule has 2 saturated carbocycles. The van der Waals surface area contributed by atoms with E-state index in [2.05, 4.69) is 48.2 Å². The maximum absolute atomic E-state index is 12.7. The van der Waals surface area contributed by atoms with Gasteiger partial charge in [-0.15, -0.1) is 0 Å². The first-order valence-electron chi connectivity index (χ1n) is 11.0. The van der Waals surface area contributed by atoms with Gasteiger partial charge in [-0.2, -0.15) is 0 Å². The standard InChI is InChI=1S/C25H32N2O2S/c1-17-12-19-14-20(13-17)16-25(3,15-19)21-4-6-23(7-5-21)27-30(29)24-10-8-22(9-11-24)26-18(2)28/h4-11,17,19-20,27H,12-16H2,1-3H3,(H,26,28). The minimum absolute atomic E-state index is 0.119. The van der Waals surface area contributed by atoms with E-state index in [1.54, 1.807) is 24.3 Å². The fourth-order valence-electron chi connectivity index (χ4n) is 5.80. The van der Waals surface area contributed by atoms with Crippen LogP contribution in [0.5, 0.6) is 0 Å². The Kier molecular flexibility index (Phi) is 6.12. The van der Waals surface area contributed by atoms with Crippen LogP contribution in [0, 0.1) is 17.8 Å². The molecule has 0 aromatic heterocycles. The molecule has 2 fully saturated rings. The molecule has 4 nitrogen and oxygen atoms in total. The molecule has 0 radical (unpaired) electrons. The van der Waals surface area contributed by atoms with E-state index in [-0.39, 0.29) is 11.3 Å². The van der Waals surface area contributed by atoms with Crippen LogP contribution in [0.3, 0.4) is 0 Å². The van der Waals surface area contributed by atoms with Crippen molar-refractivity contribution in [3.05, 3.63) is 54.1 Å². The molecular weight excluding hydrogens is 392 g/mol. The van der Waals surface area contributed by atoms with Crippen molar-refractivity contribution >= 4 is 28.6 Å². The molecule has 2 aliphatic rings. The Morgan fingerprint density at radius 1 is 0.967 bits per heavy atom. The average Bonchev–Trinajstić information content (AvgIpc) is 2.67. The average molecular weight is 425 g/mol. The van der Waals surface area contributed by atoms with Crippen molar-refractivity contribution in [3.63, 3.8) is 0 Å². The van der Waals surface area contributed by atoms with Gasteiger partial charge in [0.1, 0.15) is 11.4 Å². The zero-order chi connectivity index (χ0) is 21.3. The van der Waals surface area contributed by atoms with Crippen LogP contribution in [0.4, 0.5) is 11.4 Å². The molecule has 2 aromatic rings. The summed E-state index contributed by atoms with van der Waals surface area (Å²) in [5.74, 6) is 2.49. The van der Waals surface area contributed by atoms with Gasteiger partial charge < -0.3 is 9.87 Å². The van der Waals surface area contributed by atoms with Gasteiger partial charge in [-0.1, -0.05) is 26.0 Å². The van der Waals surface area contributed by atoms with E-state index in [1.165, 1.54) is 44.6 Å². The summed E-state index contributed by atoms with van der Waals surface area (Å²) in [6, 6.07) is 15.6. The van der Waals surface area contributed by atoms with E-state index < -0.39 is 11.4 Å². The highest BCUT2D eigenvalue weighted by atomic mass is 32.2. The molecule has 0 aliphatic heterocycles. The Labute approximate surface area is 183 Å². The number of nitrogens with one attached hydrogen (secondary N) is 2. The summed E-state index contributed by atoms with van der Waals surface area (Å²) in [6.07, 6.45) is 6.75. The zero-order valence-electron chi connectivity index (χ0n) is 18.1. The first-order valence-corrected chi connectivity index (χ1v) is 12.1. The van der Waals surface area contributed by atoms with Crippen molar-refractivity contribution < 1.29 is 9.35 Å². The second-order valence-electron chi connectivity index (χ2n) is 9.67. The summed E-state index contributed by atoms with van der Waals surface area (Å²) < 4.78 is 15.8. The third-order valence-corrected chi connectivity index (χ3v) is 7.92. The number of carbonyl (C=O) groups excluding carboxylic acids is 1. The number of hydrogen-bond acceptors (Lipinski definition) is 3. The van der Waals surface area contributed by atoms with Gasteiger partial charge in [0.15, 0.2) is 4.90 Å². The molecule has 5 heteroatoms. The van der Waals surface area contributed by atoms with E-state index in [0.717, 1.165) is 23.4 Å². The summed E-state index contributed by atoms with van der Waals surface area (Å²) >= 11 is -1.35. The van der Waals surface area contributed by atoms with Crippen molar-refractivity contribution in [2.45, 2.75) is 63.2 Å². The van der Waals surface area contributed by atoms with Crippen molar-refractivity contribution in [1.82, 2.24) is 0 Å². The topological polar surface area (TPSA) is 64.2 Å². The van der Waals surface area contributed by atoms with Gasteiger partial charge in [-0.3, -0.25) is 4.79 Å². The fourth-order valence-corrected chi connectivity index (χ4v) is 6.65. The van der Waals surface area contributed by atoms with Gasteiger partial charge in [0.2, 0.25) is 5.91 Å². The molecule has 30 heavy (non-hydrogen) atoms. The Balaban J connectivity index is 1.40. The number of benzene rings is 2. The first kappa shape index (κ1) is 21.3. The maximum atomic E-state index is 12.7. The monoisotopic (exact) mass is 424 g/mol. The highest BCUT2D eigenvalue weighted by molar-refractivity contribution is 7.92. The summed E-state index contributed by atoms with van der Waals surface area (Å²) in [4.78, 5) is 11.8. The number of anilines is 2. The van der Waals surface area contributed by atoms with E-state index >= 15 is 0 Å². The maximum Gasteiger partial charge on any atom is 0.221 e. The Morgan fingerprint density at radius 2 is 1.53 bits per heavy atom. The summed E-state index contributed by atoms with van der Waals surface area (Å²) in [5, 5.41) is 2.72. The number of fused-ring (bicyclic) bond motifs is 2. The fraction of sp³-hybridized carbons (Fsp3) is 0.480. The van der Waals surface area contributed by atoms with E-state index in [0.29, 0.717) is 10.6 Å². The number of hydrogen-bond donors (Lipinski definition) is 2. The van der Waals surface area contributed by atoms with Gasteiger partial charge in [-0.25, -0.2) is 4.72 Å². The molecule has 0 saturated heterocycles. The molecule has 2 aliphatic carbocycles. The summed E-state index contributed by atoms with van der Waals surface area (Å²) in [5.41, 5.74) is 3.22. The van der Waals surface area contributed by atoms with Gasteiger partial charge in [0, 0.05) is 12.6 Å². The molecule has 2 N–H and O–H groups in total. The van der Waals surface area contributed by atoms with Crippen LogP contribution in [-0.2, 0) is 21.6 Å². The van der Waals surface area contributed by atoms with Gasteiger partial charge in [0.05, 0.1) is 5.69 Å². The molecule has 2 bridgehead atoms. The lowest BCUT2D eigenvalue weighted by Gasteiger charge is -2.47. The second kappa shape index (κ2) is 8.64. The van der Waals surface area contributed by atoms with E-state index in [1.807, 2.05) is 0 Å². The minimum Gasteiger partial charge on any atom is -0.588 e. The van der Waals surface area contributed by atoms with Crippen molar-refractivity contribution in [2.75, 3.05) is 10.0 Å². The molecule has 3 atom stereocenters. The largest absolute Gasteiger partial charge is 0.588 e.